The first-order chi connectivity index (χ1) is 10.2. The molecular weight excluding hydrogens is 271 g/mol. The number of benzene rings is 1. The zero-order valence-corrected chi connectivity index (χ0v) is 12.9. The number of methoxy groups -OCH3 is 2. The van der Waals surface area contributed by atoms with Crippen molar-refractivity contribution in [2.75, 3.05) is 52.0 Å². The fraction of sp³-hybridized carbons (Fsp3) is 0.625. The summed E-state index contributed by atoms with van der Waals surface area (Å²) in [4.78, 5) is 2.11. The van der Waals surface area contributed by atoms with E-state index in [0.717, 1.165) is 38.2 Å². The van der Waals surface area contributed by atoms with Crippen molar-refractivity contribution < 1.29 is 13.9 Å². The van der Waals surface area contributed by atoms with E-state index in [0.29, 0.717) is 24.8 Å². The van der Waals surface area contributed by atoms with Crippen molar-refractivity contribution in [1.29, 1.82) is 0 Å². The minimum absolute atomic E-state index is 0.140. The van der Waals surface area contributed by atoms with E-state index in [2.05, 4.69) is 10.2 Å². The van der Waals surface area contributed by atoms with Gasteiger partial charge in [0.15, 0.2) is 0 Å². The van der Waals surface area contributed by atoms with E-state index in [9.17, 15) is 4.39 Å². The summed E-state index contributed by atoms with van der Waals surface area (Å²) < 4.78 is 24.4. The minimum Gasteiger partial charge on any atom is -0.384 e. The Labute approximate surface area is 126 Å². The van der Waals surface area contributed by atoms with E-state index in [-0.39, 0.29) is 5.82 Å². The van der Waals surface area contributed by atoms with Gasteiger partial charge in [0.25, 0.3) is 0 Å². The molecule has 21 heavy (non-hydrogen) atoms. The van der Waals surface area contributed by atoms with Crippen LogP contribution in [-0.4, -0.2) is 47.1 Å². The SMILES string of the molecule is COCCNCc1ccc(N2CCC(COC)C2)c(F)c1. The Morgan fingerprint density at radius 1 is 1.33 bits per heavy atom. The van der Waals surface area contributed by atoms with Crippen LogP contribution in [0.25, 0.3) is 0 Å². The van der Waals surface area contributed by atoms with Crippen LogP contribution in [0.3, 0.4) is 0 Å². The smallest absolute Gasteiger partial charge is 0.146 e. The van der Waals surface area contributed by atoms with Gasteiger partial charge < -0.3 is 19.7 Å². The quantitative estimate of drug-likeness (QED) is 0.744. The van der Waals surface area contributed by atoms with E-state index >= 15 is 0 Å². The predicted octanol–water partition coefficient (Wildman–Crippen LogP) is 2.03. The zero-order chi connectivity index (χ0) is 15.1. The summed E-state index contributed by atoms with van der Waals surface area (Å²) in [5.74, 6) is 0.365. The maximum atomic E-state index is 14.3. The van der Waals surface area contributed by atoms with Crippen LogP contribution in [0.15, 0.2) is 18.2 Å². The fourth-order valence-corrected chi connectivity index (χ4v) is 2.75. The number of anilines is 1. The lowest BCUT2D eigenvalue weighted by Gasteiger charge is -2.20. The van der Waals surface area contributed by atoms with Crippen molar-refractivity contribution in [3.8, 4) is 0 Å². The highest BCUT2D eigenvalue weighted by molar-refractivity contribution is 5.50. The van der Waals surface area contributed by atoms with Gasteiger partial charge in [-0.2, -0.15) is 0 Å². The number of hydrogen-bond acceptors (Lipinski definition) is 4. The zero-order valence-electron chi connectivity index (χ0n) is 12.9. The lowest BCUT2D eigenvalue weighted by atomic mass is 10.1. The molecule has 4 nitrogen and oxygen atoms in total. The summed E-state index contributed by atoms with van der Waals surface area (Å²) in [7, 11) is 3.39. The van der Waals surface area contributed by atoms with Gasteiger partial charge in [-0.15, -0.1) is 0 Å². The molecule has 1 unspecified atom stereocenters. The summed E-state index contributed by atoms with van der Waals surface area (Å²) >= 11 is 0. The molecule has 118 valence electrons. The maximum Gasteiger partial charge on any atom is 0.146 e. The standard InChI is InChI=1S/C16H25FN2O2/c1-20-8-6-18-10-13-3-4-16(15(17)9-13)19-7-5-14(11-19)12-21-2/h3-4,9,14,18H,5-8,10-12H2,1-2H3. The molecule has 1 aliphatic heterocycles. The largest absolute Gasteiger partial charge is 0.384 e. The lowest BCUT2D eigenvalue weighted by molar-refractivity contribution is 0.161. The second kappa shape index (κ2) is 8.32. The van der Waals surface area contributed by atoms with Crippen LogP contribution < -0.4 is 10.2 Å². The van der Waals surface area contributed by atoms with Crippen molar-refractivity contribution in [2.24, 2.45) is 5.92 Å². The number of ether oxygens (including phenoxy) is 2. The van der Waals surface area contributed by atoms with E-state index < -0.39 is 0 Å². The molecule has 2 rings (SSSR count). The van der Waals surface area contributed by atoms with E-state index in [1.807, 2.05) is 12.1 Å². The Morgan fingerprint density at radius 3 is 2.90 bits per heavy atom. The molecule has 0 saturated carbocycles. The molecule has 1 heterocycles. The number of rotatable bonds is 8. The highest BCUT2D eigenvalue weighted by Gasteiger charge is 2.24. The number of halogens is 1. The monoisotopic (exact) mass is 296 g/mol. The average Bonchev–Trinajstić information content (AvgIpc) is 2.92. The first kappa shape index (κ1) is 16.2. The molecule has 0 radical (unpaired) electrons. The van der Waals surface area contributed by atoms with Gasteiger partial charge in [-0.3, -0.25) is 0 Å². The molecule has 1 aliphatic rings. The van der Waals surface area contributed by atoms with Gasteiger partial charge in [-0.25, -0.2) is 4.39 Å². The van der Waals surface area contributed by atoms with Crippen molar-refractivity contribution >= 4 is 5.69 Å². The summed E-state index contributed by atoms with van der Waals surface area (Å²) in [6.07, 6.45) is 1.06. The molecule has 0 aliphatic carbocycles. The minimum atomic E-state index is -0.140. The van der Waals surface area contributed by atoms with Crippen LogP contribution in [0.2, 0.25) is 0 Å². The third kappa shape index (κ3) is 4.66. The Hall–Kier alpha value is -1.17. The van der Waals surface area contributed by atoms with Crippen molar-refractivity contribution in [3.05, 3.63) is 29.6 Å². The Kier molecular flexibility index (Phi) is 6.42. The lowest BCUT2D eigenvalue weighted by Crippen LogP contribution is -2.22. The molecule has 0 spiro atoms. The second-order valence-electron chi connectivity index (χ2n) is 5.51. The number of nitrogens with one attached hydrogen (secondary N) is 1. The van der Waals surface area contributed by atoms with Crippen molar-refractivity contribution in [1.82, 2.24) is 5.32 Å². The molecule has 0 aromatic heterocycles. The molecule has 1 N–H and O–H groups in total. The van der Waals surface area contributed by atoms with Crippen LogP contribution in [0.1, 0.15) is 12.0 Å². The highest BCUT2D eigenvalue weighted by atomic mass is 19.1. The van der Waals surface area contributed by atoms with Gasteiger partial charge in [0.05, 0.1) is 18.9 Å². The first-order valence-corrected chi connectivity index (χ1v) is 7.46. The number of nitrogens with zero attached hydrogens (tertiary/aromatic N) is 1. The van der Waals surface area contributed by atoms with Crippen LogP contribution in [0.5, 0.6) is 0 Å². The third-order valence-electron chi connectivity index (χ3n) is 3.85. The third-order valence-corrected chi connectivity index (χ3v) is 3.85. The van der Waals surface area contributed by atoms with E-state index in [1.165, 1.54) is 0 Å². The van der Waals surface area contributed by atoms with Crippen LogP contribution in [-0.2, 0) is 16.0 Å². The molecule has 1 aromatic rings. The average molecular weight is 296 g/mol. The van der Waals surface area contributed by atoms with Gasteiger partial charge in [0, 0.05) is 46.3 Å². The Balaban J connectivity index is 1.90. The van der Waals surface area contributed by atoms with Gasteiger partial charge in [-0.1, -0.05) is 6.07 Å². The molecule has 1 atom stereocenters. The van der Waals surface area contributed by atoms with Gasteiger partial charge in [0.2, 0.25) is 0 Å². The molecule has 1 fully saturated rings. The first-order valence-electron chi connectivity index (χ1n) is 7.46. The predicted molar refractivity (Wildman–Crippen MR) is 82.2 cm³/mol. The van der Waals surface area contributed by atoms with Gasteiger partial charge >= 0.3 is 0 Å². The Bertz CT molecular complexity index is 442. The second-order valence-corrected chi connectivity index (χ2v) is 5.51. The molecule has 0 bridgehead atoms. The van der Waals surface area contributed by atoms with Crippen molar-refractivity contribution in [3.63, 3.8) is 0 Å². The molecular formula is C16H25FN2O2. The van der Waals surface area contributed by atoms with Crippen molar-refractivity contribution in [2.45, 2.75) is 13.0 Å². The molecule has 0 amide bonds. The summed E-state index contributed by atoms with van der Waals surface area (Å²) in [6, 6.07) is 5.50. The normalized spacial score (nSPS) is 18.4. The van der Waals surface area contributed by atoms with E-state index in [4.69, 9.17) is 9.47 Å². The Morgan fingerprint density at radius 2 is 2.19 bits per heavy atom. The van der Waals surface area contributed by atoms with Gasteiger partial charge in [0.1, 0.15) is 5.82 Å². The summed E-state index contributed by atoms with van der Waals surface area (Å²) in [5, 5.41) is 3.22. The topological polar surface area (TPSA) is 33.7 Å². The highest BCUT2D eigenvalue weighted by Crippen LogP contribution is 2.27. The molecule has 5 heteroatoms. The van der Waals surface area contributed by atoms with E-state index in [1.54, 1.807) is 20.3 Å². The summed E-state index contributed by atoms with van der Waals surface area (Å²) in [5.41, 5.74) is 1.66. The number of hydrogen-bond donors (Lipinski definition) is 1. The van der Waals surface area contributed by atoms with Gasteiger partial charge in [-0.05, 0) is 24.1 Å². The fourth-order valence-electron chi connectivity index (χ4n) is 2.75. The molecule has 1 aromatic carbocycles. The van der Waals surface area contributed by atoms with Crippen LogP contribution in [0.4, 0.5) is 10.1 Å². The summed E-state index contributed by atoms with van der Waals surface area (Å²) in [6.45, 7) is 4.61. The van der Waals surface area contributed by atoms with Crippen LogP contribution >= 0.6 is 0 Å². The maximum absolute atomic E-state index is 14.3. The van der Waals surface area contributed by atoms with Crippen LogP contribution in [0, 0.1) is 11.7 Å². The molecule has 1 saturated heterocycles.